The number of aliphatic hydroxyl groups excluding tert-OH is 1. The van der Waals surface area contributed by atoms with Crippen LogP contribution in [0.25, 0.3) is 0 Å². The van der Waals surface area contributed by atoms with E-state index in [2.05, 4.69) is 6.92 Å². The lowest BCUT2D eigenvalue weighted by molar-refractivity contribution is 0.137. The molecule has 2 atom stereocenters. The molecule has 0 aromatic heterocycles. The summed E-state index contributed by atoms with van der Waals surface area (Å²) < 4.78 is 12.6. The molecule has 0 aliphatic rings. The molecule has 1 aromatic carbocycles. The highest BCUT2D eigenvalue weighted by molar-refractivity contribution is 7.99. The van der Waals surface area contributed by atoms with Crippen LogP contribution in [0.1, 0.15) is 20.3 Å². The Hall–Kier alpha value is -0.540. The molecule has 0 saturated carbocycles. The van der Waals surface area contributed by atoms with Crippen molar-refractivity contribution in [3.63, 3.8) is 0 Å². The third-order valence-electron chi connectivity index (χ3n) is 2.54. The van der Waals surface area contributed by atoms with Crippen LogP contribution >= 0.6 is 11.8 Å². The van der Waals surface area contributed by atoms with Gasteiger partial charge in [0.05, 0.1) is 6.10 Å². The largest absolute Gasteiger partial charge is 0.392 e. The van der Waals surface area contributed by atoms with Crippen molar-refractivity contribution < 1.29 is 9.50 Å². The Morgan fingerprint density at radius 1 is 1.33 bits per heavy atom. The highest BCUT2D eigenvalue weighted by atomic mass is 32.2. The van der Waals surface area contributed by atoms with Gasteiger partial charge in [-0.1, -0.05) is 20.3 Å². The molecule has 0 heterocycles. The van der Waals surface area contributed by atoms with E-state index in [9.17, 15) is 9.50 Å². The van der Waals surface area contributed by atoms with E-state index >= 15 is 0 Å². The summed E-state index contributed by atoms with van der Waals surface area (Å²) in [5.41, 5.74) is 0. The van der Waals surface area contributed by atoms with Crippen molar-refractivity contribution in [1.82, 2.24) is 0 Å². The van der Waals surface area contributed by atoms with Crippen LogP contribution in [0.15, 0.2) is 29.2 Å². The second-order valence-corrected chi connectivity index (χ2v) is 4.81. The maximum atomic E-state index is 12.6. The van der Waals surface area contributed by atoms with E-state index in [-0.39, 0.29) is 11.9 Å². The monoisotopic (exact) mass is 228 g/mol. The van der Waals surface area contributed by atoms with E-state index < -0.39 is 0 Å². The maximum absolute atomic E-state index is 12.6. The fourth-order valence-electron chi connectivity index (χ4n) is 1.15. The average Bonchev–Trinajstić information content (AvgIpc) is 2.26. The molecule has 1 aromatic rings. The number of aliphatic hydroxyl groups is 1. The molecule has 2 unspecified atom stereocenters. The van der Waals surface area contributed by atoms with Crippen molar-refractivity contribution in [3.05, 3.63) is 30.1 Å². The quantitative estimate of drug-likeness (QED) is 0.780. The maximum Gasteiger partial charge on any atom is 0.123 e. The lowest BCUT2D eigenvalue weighted by Gasteiger charge is -2.16. The zero-order valence-corrected chi connectivity index (χ0v) is 9.93. The van der Waals surface area contributed by atoms with Crippen LogP contribution in [-0.4, -0.2) is 17.0 Å². The number of rotatable bonds is 5. The van der Waals surface area contributed by atoms with E-state index in [1.54, 1.807) is 23.9 Å². The number of thioether (sulfide) groups is 1. The Morgan fingerprint density at radius 3 is 2.47 bits per heavy atom. The summed E-state index contributed by atoms with van der Waals surface area (Å²) in [4.78, 5) is 0.999. The van der Waals surface area contributed by atoms with Crippen molar-refractivity contribution in [2.75, 3.05) is 5.75 Å². The summed E-state index contributed by atoms with van der Waals surface area (Å²) in [7, 11) is 0. The highest BCUT2D eigenvalue weighted by Gasteiger charge is 2.12. The van der Waals surface area contributed by atoms with Crippen LogP contribution in [0.2, 0.25) is 0 Å². The van der Waals surface area contributed by atoms with E-state index in [0.717, 1.165) is 11.3 Å². The molecule has 1 nitrogen and oxygen atoms in total. The highest BCUT2D eigenvalue weighted by Crippen LogP contribution is 2.21. The van der Waals surface area contributed by atoms with Gasteiger partial charge in [-0.05, 0) is 30.2 Å². The van der Waals surface area contributed by atoms with Crippen LogP contribution in [-0.2, 0) is 0 Å². The zero-order valence-electron chi connectivity index (χ0n) is 9.11. The molecule has 0 aliphatic carbocycles. The number of hydrogen-bond donors (Lipinski definition) is 1. The van der Waals surface area contributed by atoms with Gasteiger partial charge in [-0.2, -0.15) is 0 Å². The van der Waals surface area contributed by atoms with Gasteiger partial charge in [-0.15, -0.1) is 11.8 Å². The fraction of sp³-hybridized carbons (Fsp3) is 0.500. The van der Waals surface area contributed by atoms with E-state index in [1.165, 1.54) is 12.1 Å². The Balaban J connectivity index is 2.40. The summed E-state index contributed by atoms with van der Waals surface area (Å²) in [6, 6.07) is 6.36. The van der Waals surface area contributed by atoms with Gasteiger partial charge in [0.2, 0.25) is 0 Å². The molecule has 0 amide bonds. The van der Waals surface area contributed by atoms with Crippen molar-refractivity contribution in [1.29, 1.82) is 0 Å². The van der Waals surface area contributed by atoms with Crippen molar-refractivity contribution in [2.45, 2.75) is 31.3 Å². The molecule has 0 fully saturated rings. The Bertz CT molecular complexity index is 286. The van der Waals surface area contributed by atoms with Gasteiger partial charge in [0.1, 0.15) is 5.82 Å². The van der Waals surface area contributed by atoms with Crippen molar-refractivity contribution in [2.24, 2.45) is 5.92 Å². The van der Waals surface area contributed by atoms with Crippen LogP contribution in [0.3, 0.4) is 0 Å². The fourth-order valence-corrected chi connectivity index (χ4v) is 2.17. The topological polar surface area (TPSA) is 20.2 Å². The molecule has 0 bridgehead atoms. The molecule has 3 heteroatoms. The zero-order chi connectivity index (χ0) is 11.3. The van der Waals surface area contributed by atoms with Crippen molar-refractivity contribution in [3.8, 4) is 0 Å². The third-order valence-corrected chi connectivity index (χ3v) is 3.65. The normalized spacial score (nSPS) is 14.9. The molecular formula is C12H17FOS. The van der Waals surface area contributed by atoms with Crippen LogP contribution in [0, 0.1) is 11.7 Å². The first kappa shape index (κ1) is 12.5. The van der Waals surface area contributed by atoms with Crippen LogP contribution in [0.5, 0.6) is 0 Å². The standard InChI is InChI=1S/C12H17FOS/c1-3-9(2)12(14)8-15-11-6-4-10(13)5-7-11/h4-7,9,12,14H,3,8H2,1-2H3. The van der Waals surface area contributed by atoms with E-state index in [4.69, 9.17) is 0 Å². The predicted octanol–water partition coefficient (Wildman–Crippen LogP) is 3.32. The molecule has 1 N–H and O–H groups in total. The number of halogens is 1. The smallest absolute Gasteiger partial charge is 0.123 e. The van der Waals surface area contributed by atoms with Gasteiger partial charge >= 0.3 is 0 Å². The van der Waals surface area contributed by atoms with Crippen LogP contribution in [0.4, 0.5) is 4.39 Å². The van der Waals surface area contributed by atoms with Gasteiger partial charge in [0.25, 0.3) is 0 Å². The lowest BCUT2D eigenvalue weighted by Crippen LogP contribution is -2.19. The van der Waals surface area contributed by atoms with Gasteiger partial charge in [-0.3, -0.25) is 0 Å². The number of hydrogen-bond acceptors (Lipinski definition) is 2. The average molecular weight is 228 g/mol. The molecule has 1 rings (SSSR count). The summed E-state index contributed by atoms with van der Waals surface area (Å²) in [5, 5.41) is 9.74. The minimum absolute atomic E-state index is 0.221. The van der Waals surface area contributed by atoms with Crippen molar-refractivity contribution >= 4 is 11.8 Å². The molecule has 84 valence electrons. The second-order valence-electron chi connectivity index (χ2n) is 3.72. The second kappa shape index (κ2) is 6.13. The van der Waals surface area contributed by atoms with Gasteiger partial charge < -0.3 is 5.11 Å². The first-order chi connectivity index (χ1) is 7.13. The first-order valence-corrected chi connectivity index (χ1v) is 6.18. The molecule has 0 spiro atoms. The molecular weight excluding hydrogens is 211 g/mol. The van der Waals surface area contributed by atoms with E-state index in [1.807, 2.05) is 6.92 Å². The van der Waals surface area contributed by atoms with Crippen LogP contribution < -0.4 is 0 Å². The molecule has 0 radical (unpaired) electrons. The molecule has 0 saturated heterocycles. The lowest BCUT2D eigenvalue weighted by atomic mass is 10.0. The minimum Gasteiger partial charge on any atom is -0.392 e. The van der Waals surface area contributed by atoms with Gasteiger partial charge in [0, 0.05) is 10.6 Å². The van der Waals surface area contributed by atoms with E-state index in [0.29, 0.717) is 11.7 Å². The van der Waals surface area contributed by atoms with Gasteiger partial charge in [0.15, 0.2) is 0 Å². The summed E-state index contributed by atoms with van der Waals surface area (Å²) in [5.74, 6) is 0.764. The summed E-state index contributed by atoms with van der Waals surface area (Å²) in [6.45, 7) is 4.10. The summed E-state index contributed by atoms with van der Waals surface area (Å²) >= 11 is 1.56. The predicted molar refractivity (Wildman–Crippen MR) is 62.6 cm³/mol. The van der Waals surface area contributed by atoms with Gasteiger partial charge in [-0.25, -0.2) is 4.39 Å². The molecule has 0 aliphatic heterocycles. The SMILES string of the molecule is CCC(C)C(O)CSc1ccc(F)cc1. The minimum atomic E-state index is -0.287. The Labute approximate surface area is 94.7 Å². The Kier molecular flexibility index (Phi) is 5.12. The summed E-state index contributed by atoms with van der Waals surface area (Å²) in [6.07, 6.45) is 0.690. The molecule has 15 heavy (non-hydrogen) atoms. The first-order valence-electron chi connectivity index (χ1n) is 5.20. The third kappa shape index (κ3) is 4.22. The number of benzene rings is 1. The Morgan fingerprint density at radius 2 is 1.93 bits per heavy atom.